The maximum absolute atomic E-state index is 6.06. The Morgan fingerprint density at radius 1 is 0.806 bits per heavy atom. The van der Waals surface area contributed by atoms with Crippen molar-refractivity contribution in [1.29, 1.82) is 0 Å². The van der Waals surface area contributed by atoms with Crippen LogP contribution in [0, 0.1) is 0 Å². The summed E-state index contributed by atoms with van der Waals surface area (Å²) < 4.78 is 5.87. The lowest BCUT2D eigenvalue weighted by molar-refractivity contribution is 0.177. The SMILES string of the molecule is S=C(c1ccc(OCc2ccc(Cl)c(Cl)c2)cc1)N1CCN(Cc2ccccc2)CC1. The van der Waals surface area contributed by atoms with E-state index in [0.29, 0.717) is 16.7 Å². The van der Waals surface area contributed by atoms with Gasteiger partial charge in [0.2, 0.25) is 0 Å². The van der Waals surface area contributed by atoms with Crippen molar-refractivity contribution in [2.24, 2.45) is 0 Å². The second kappa shape index (κ2) is 10.5. The average molecular weight is 471 g/mol. The lowest BCUT2D eigenvalue weighted by Crippen LogP contribution is -2.47. The number of nitrogens with zero attached hydrogens (tertiary/aromatic N) is 2. The Kier molecular flexibility index (Phi) is 7.46. The fraction of sp³-hybridized carbons (Fsp3) is 0.240. The normalized spacial score (nSPS) is 14.5. The standard InChI is InChI=1S/C25H24Cl2N2OS/c26-23-11-6-20(16-24(23)27)18-30-22-9-7-21(8-10-22)25(31)29-14-12-28(13-15-29)17-19-4-2-1-3-5-19/h1-11,16H,12-15,17-18H2. The van der Waals surface area contributed by atoms with Gasteiger partial charge < -0.3 is 9.64 Å². The van der Waals surface area contributed by atoms with Gasteiger partial charge in [0, 0.05) is 38.3 Å². The topological polar surface area (TPSA) is 15.7 Å². The van der Waals surface area contributed by atoms with Gasteiger partial charge in [0.1, 0.15) is 17.3 Å². The Balaban J connectivity index is 1.28. The van der Waals surface area contributed by atoms with Crippen LogP contribution in [0.2, 0.25) is 10.0 Å². The minimum absolute atomic E-state index is 0.435. The molecule has 1 heterocycles. The van der Waals surface area contributed by atoms with Crippen LogP contribution in [-0.4, -0.2) is 41.0 Å². The fourth-order valence-corrected chi connectivity index (χ4v) is 4.26. The molecule has 1 aliphatic rings. The first kappa shape index (κ1) is 22.1. The molecule has 1 aliphatic heterocycles. The Labute approximate surface area is 199 Å². The Bertz CT molecular complexity index is 1020. The van der Waals surface area contributed by atoms with E-state index in [4.69, 9.17) is 40.2 Å². The van der Waals surface area contributed by atoms with Crippen molar-refractivity contribution < 1.29 is 4.74 Å². The number of hydrogen-bond donors (Lipinski definition) is 0. The fourth-order valence-electron chi connectivity index (χ4n) is 3.62. The summed E-state index contributed by atoms with van der Waals surface area (Å²) in [6.07, 6.45) is 0. The molecule has 1 saturated heterocycles. The maximum Gasteiger partial charge on any atom is 0.119 e. The summed E-state index contributed by atoms with van der Waals surface area (Å²) in [5, 5.41) is 1.08. The summed E-state index contributed by atoms with van der Waals surface area (Å²) in [7, 11) is 0. The van der Waals surface area contributed by atoms with E-state index in [0.717, 1.165) is 54.6 Å². The molecular formula is C25H24Cl2N2OS. The first-order valence-electron chi connectivity index (χ1n) is 10.3. The van der Waals surface area contributed by atoms with E-state index in [1.807, 2.05) is 36.4 Å². The number of thiocarbonyl (C=S) groups is 1. The van der Waals surface area contributed by atoms with E-state index in [-0.39, 0.29) is 0 Å². The molecule has 4 rings (SSSR count). The Morgan fingerprint density at radius 3 is 2.19 bits per heavy atom. The van der Waals surface area contributed by atoms with Crippen molar-refractivity contribution in [2.75, 3.05) is 26.2 Å². The molecular weight excluding hydrogens is 447 g/mol. The van der Waals surface area contributed by atoms with Crippen LogP contribution in [0.4, 0.5) is 0 Å². The Hall–Kier alpha value is -2.11. The second-order valence-electron chi connectivity index (χ2n) is 7.62. The molecule has 3 aromatic carbocycles. The van der Waals surface area contributed by atoms with Crippen molar-refractivity contribution in [3.63, 3.8) is 0 Å². The molecule has 6 heteroatoms. The highest BCUT2D eigenvalue weighted by atomic mass is 35.5. The molecule has 0 atom stereocenters. The molecule has 0 aromatic heterocycles. The predicted molar refractivity (Wildman–Crippen MR) is 132 cm³/mol. The van der Waals surface area contributed by atoms with Crippen LogP contribution in [0.1, 0.15) is 16.7 Å². The van der Waals surface area contributed by atoms with Gasteiger partial charge in [-0.05, 0) is 47.5 Å². The zero-order chi connectivity index (χ0) is 21.6. The minimum atomic E-state index is 0.435. The van der Waals surface area contributed by atoms with Gasteiger partial charge >= 0.3 is 0 Å². The molecule has 0 aliphatic carbocycles. The van der Waals surface area contributed by atoms with Crippen LogP contribution in [0.15, 0.2) is 72.8 Å². The van der Waals surface area contributed by atoms with Crippen molar-refractivity contribution in [3.05, 3.63) is 99.5 Å². The quantitative estimate of drug-likeness (QED) is 0.406. The largest absolute Gasteiger partial charge is 0.489 e. The van der Waals surface area contributed by atoms with Crippen LogP contribution < -0.4 is 4.74 Å². The van der Waals surface area contributed by atoms with Gasteiger partial charge in [-0.3, -0.25) is 4.90 Å². The molecule has 0 radical (unpaired) electrons. The summed E-state index contributed by atoms with van der Waals surface area (Å²) >= 11 is 17.8. The van der Waals surface area contributed by atoms with E-state index in [1.165, 1.54) is 5.56 Å². The van der Waals surface area contributed by atoms with Crippen LogP contribution in [0.5, 0.6) is 5.75 Å². The van der Waals surface area contributed by atoms with Gasteiger partial charge in [0.05, 0.1) is 10.0 Å². The molecule has 160 valence electrons. The molecule has 3 aromatic rings. The molecule has 0 bridgehead atoms. The smallest absolute Gasteiger partial charge is 0.119 e. The van der Waals surface area contributed by atoms with Gasteiger partial charge in [0.25, 0.3) is 0 Å². The Morgan fingerprint density at radius 2 is 1.52 bits per heavy atom. The maximum atomic E-state index is 6.06. The van der Waals surface area contributed by atoms with E-state index < -0.39 is 0 Å². The van der Waals surface area contributed by atoms with E-state index in [9.17, 15) is 0 Å². The van der Waals surface area contributed by atoms with Crippen molar-refractivity contribution in [2.45, 2.75) is 13.2 Å². The number of hydrogen-bond acceptors (Lipinski definition) is 3. The molecule has 3 nitrogen and oxygen atoms in total. The summed E-state index contributed by atoms with van der Waals surface area (Å²) in [6, 6.07) is 24.1. The van der Waals surface area contributed by atoms with Gasteiger partial charge in [-0.15, -0.1) is 0 Å². The monoisotopic (exact) mass is 470 g/mol. The third-order valence-electron chi connectivity index (χ3n) is 5.40. The molecule has 0 saturated carbocycles. The second-order valence-corrected chi connectivity index (χ2v) is 8.82. The molecule has 1 fully saturated rings. The van der Waals surface area contributed by atoms with Gasteiger partial charge in [-0.1, -0.05) is 71.8 Å². The highest BCUT2D eigenvalue weighted by Gasteiger charge is 2.19. The number of benzene rings is 3. The third-order valence-corrected chi connectivity index (χ3v) is 6.63. The summed E-state index contributed by atoms with van der Waals surface area (Å²) in [5.74, 6) is 0.797. The zero-order valence-electron chi connectivity index (χ0n) is 17.1. The number of rotatable bonds is 6. The van der Waals surface area contributed by atoms with Crippen LogP contribution >= 0.6 is 35.4 Å². The molecule has 0 spiro atoms. The van der Waals surface area contributed by atoms with Crippen LogP contribution in [-0.2, 0) is 13.2 Å². The predicted octanol–water partition coefficient (Wildman–Crippen LogP) is 6.07. The first-order valence-corrected chi connectivity index (χ1v) is 11.5. The summed E-state index contributed by atoms with van der Waals surface area (Å²) in [6.45, 7) is 5.35. The summed E-state index contributed by atoms with van der Waals surface area (Å²) in [4.78, 5) is 5.67. The van der Waals surface area contributed by atoms with Gasteiger partial charge in [-0.2, -0.15) is 0 Å². The third kappa shape index (κ3) is 5.98. The van der Waals surface area contributed by atoms with E-state index in [1.54, 1.807) is 6.07 Å². The lowest BCUT2D eigenvalue weighted by atomic mass is 10.1. The first-order chi connectivity index (χ1) is 15.1. The average Bonchev–Trinajstić information content (AvgIpc) is 2.81. The molecule has 0 amide bonds. The van der Waals surface area contributed by atoms with Gasteiger partial charge in [0.15, 0.2) is 0 Å². The van der Waals surface area contributed by atoms with E-state index in [2.05, 4.69) is 40.1 Å². The van der Waals surface area contributed by atoms with Crippen LogP contribution in [0.3, 0.4) is 0 Å². The molecule has 31 heavy (non-hydrogen) atoms. The highest BCUT2D eigenvalue weighted by molar-refractivity contribution is 7.80. The van der Waals surface area contributed by atoms with Gasteiger partial charge in [-0.25, -0.2) is 0 Å². The minimum Gasteiger partial charge on any atom is -0.489 e. The summed E-state index contributed by atoms with van der Waals surface area (Å²) in [5.41, 5.74) is 3.38. The van der Waals surface area contributed by atoms with Crippen LogP contribution in [0.25, 0.3) is 0 Å². The van der Waals surface area contributed by atoms with Crippen molar-refractivity contribution in [3.8, 4) is 5.75 Å². The van der Waals surface area contributed by atoms with Crippen molar-refractivity contribution >= 4 is 40.4 Å². The lowest BCUT2D eigenvalue weighted by Gasteiger charge is -2.36. The zero-order valence-corrected chi connectivity index (χ0v) is 19.5. The van der Waals surface area contributed by atoms with E-state index >= 15 is 0 Å². The van der Waals surface area contributed by atoms with Crippen molar-refractivity contribution in [1.82, 2.24) is 9.80 Å². The number of piperazine rings is 1. The molecule has 0 N–H and O–H groups in total. The molecule has 0 unspecified atom stereocenters. The highest BCUT2D eigenvalue weighted by Crippen LogP contribution is 2.24. The number of ether oxygens (including phenoxy) is 1. The number of halogens is 2.